The average molecular weight is 191 g/mol. The van der Waals surface area contributed by atoms with Gasteiger partial charge in [-0.2, -0.15) is 5.26 Å². The highest BCUT2D eigenvalue weighted by atomic mass is 32.2. The van der Waals surface area contributed by atoms with E-state index in [4.69, 9.17) is 5.26 Å². The minimum absolute atomic E-state index is 0.365. The van der Waals surface area contributed by atoms with E-state index in [2.05, 4.69) is 10.0 Å². The fourth-order valence-corrected chi connectivity index (χ4v) is 1.07. The minimum atomic E-state index is -3.07. The second-order valence-electron chi connectivity index (χ2n) is 2.32. The van der Waals surface area contributed by atoms with Crippen molar-refractivity contribution in [1.82, 2.24) is 10.0 Å². The zero-order valence-corrected chi connectivity index (χ0v) is 7.82. The van der Waals surface area contributed by atoms with Crippen LogP contribution in [0.4, 0.5) is 0 Å². The van der Waals surface area contributed by atoms with Crippen LogP contribution in [0, 0.1) is 11.3 Å². The third-order valence-corrected chi connectivity index (χ3v) is 1.81. The topological polar surface area (TPSA) is 82.0 Å². The molecule has 5 nitrogen and oxygen atoms in total. The van der Waals surface area contributed by atoms with Crippen molar-refractivity contribution in [2.45, 2.75) is 6.42 Å². The molecule has 0 radical (unpaired) electrons. The van der Waals surface area contributed by atoms with Gasteiger partial charge in [0.2, 0.25) is 10.0 Å². The lowest BCUT2D eigenvalue weighted by molar-refractivity contribution is 0.582. The van der Waals surface area contributed by atoms with E-state index < -0.39 is 10.0 Å². The normalized spacial score (nSPS) is 11.0. The highest BCUT2D eigenvalue weighted by Gasteiger charge is 1.97. The maximum Gasteiger partial charge on any atom is 0.208 e. The van der Waals surface area contributed by atoms with Gasteiger partial charge in [0.25, 0.3) is 0 Å². The molecular weight excluding hydrogens is 178 g/mol. The first-order valence-corrected chi connectivity index (χ1v) is 5.47. The second kappa shape index (κ2) is 5.94. The molecule has 0 fully saturated rings. The Hall–Kier alpha value is -0.640. The predicted molar refractivity (Wildman–Crippen MR) is 45.9 cm³/mol. The maximum absolute atomic E-state index is 10.5. The van der Waals surface area contributed by atoms with Gasteiger partial charge in [0.15, 0.2) is 0 Å². The quantitative estimate of drug-likeness (QED) is 0.530. The number of rotatable bonds is 6. The summed E-state index contributed by atoms with van der Waals surface area (Å²) in [7, 11) is -3.07. The van der Waals surface area contributed by atoms with Gasteiger partial charge < -0.3 is 5.32 Å². The van der Waals surface area contributed by atoms with Crippen LogP contribution >= 0.6 is 0 Å². The van der Waals surface area contributed by atoms with E-state index in [-0.39, 0.29) is 0 Å². The number of sulfonamides is 1. The summed E-state index contributed by atoms with van der Waals surface area (Å²) in [6, 6.07) is 1.97. The summed E-state index contributed by atoms with van der Waals surface area (Å²) in [6.07, 6.45) is 1.56. The predicted octanol–water partition coefficient (Wildman–Crippen LogP) is -0.961. The molecule has 0 aliphatic carbocycles. The van der Waals surface area contributed by atoms with Crippen molar-refractivity contribution in [1.29, 1.82) is 5.26 Å². The second-order valence-corrected chi connectivity index (χ2v) is 4.16. The fraction of sp³-hybridized carbons (Fsp3) is 0.833. The molecule has 70 valence electrons. The Morgan fingerprint density at radius 1 is 1.33 bits per heavy atom. The molecule has 0 aromatic rings. The number of nitriles is 1. The molecule has 12 heavy (non-hydrogen) atoms. The van der Waals surface area contributed by atoms with Gasteiger partial charge in [0.05, 0.1) is 12.3 Å². The molecule has 0 saturated carbocycles. The van der Waals surface area contributed by atoms with E-state index in [1.807, 2.05) is 6.07 Å². The van der Waals surface area contributed by atoms with Crippen LogP contribution in [0.1, 0.15) is 6.42 Å². The molecule has 0 aliphatic rings. The van der Waals surface area contributed by atoms with E-state index in [9.17, 15) is 8.42 Å². The highest BCUT2D eigenvalue weighted by Crippen LogP contribution is 1.72. The van der Waals surface area contributed by atoms with E-state index in [0.29, 0.717) is 26.1 Å². The van der Waals surface area contributed by atoms with Crippen LogP contribution in [-0.2, 0) is 10.0 Å². The fourth-order valence-electron chi connectivity index (χ4n) is 0.594. The van der Waals surface area contributed by atoms with E-state index in [1.165, 1.54) is 0 Å². The molecule has 0 heterocycles. The number of hydrogen-bond acceptors (Lipinski definition) is 4. The van der Waals surface area contributed by atoms with Gasteiger partial charge in [-0.1, -0.05) is 0 Å². The highest BCUT2D eigenvalue weighted by molar-refractivity contribution is 7.88. The smallest absolute Gasteiger partial charge is 0.208 e. The van der Waals surface area contributed by atoms with Gasteiger partial charge >= 0.3 is 0 Å². The van der Waals surface area contributed by atoms with Crippen molar-refractivity contribution in [2.75, 3.05) is 25.9 Å². The summed E-state index contributed by atoms with van der Waals surface area (Å²) in [5.74, 6) is 0. The zero-order valence-electron chi connectivity index (χ0n) is 7.00. The van der Waals surface area contributed by atoms with Crippen molar-refractivity contribution in [2.24, 2.45) is 0 Å². The molecule has 0 aromatic carbocycles. The molecular formula is C6H13N3O2S. The molecule has 0 aromatic heterocycles. The lowest BCUT2D eigenvalue weighted by Gasteiger charge is -2.02. The van der Waals surface area contributed by atoms with Gasteiger partial charge in [-0.3, -0.25) is 0 Å². The molecule has 0 amide bonds. The van der Waals surface area contributed by atoms with E-state index in [0.717, 1.165) is 6.26 Å². The van der Waals surface area contributed by atoms with Crippen molar-refractivity contribution in [3.63, 3.8) is 0 Å². The summed E-state index contributed by atoms with van der Waals surface area (Å²) in [5, 5.41) is 11.1. The van der Waals surface area contributed by atoms with Crippen molar-refractivity contribution in [3.05, 3.63) is 0 Å². The average Bonchev–Trinajstić information content (AvgIpc) is 1.94. The van der Waals surface area contributed by atoms with Crippen LogP contribution in [0.5, 0.6) is 0 Å². The Labute approximate surface area is 72.8 Å². The molecule has 0 atom stereocenters. The third kappa shape index (κ3) is 9.36. The van der Waals surface area contributed by atoms with Gasteiger partial charge in [0, 0.05) is 26.1 Å². The van der Waals surface area contributed by atoms with Gasteiger partial charge in [-0.05, 0) is 0 Å². The number of hydrogen-bond donors (Lipinski definition) is 2. The lowest BCUT2D eigenvalue weighted by Crippen LogP contribution is -2.31. The molecule has 6 heteroatoms. The van der Waals surface area contributed by atoms with Crippen LogP contribution < -0.4 is 10.0 Å². The van der Waals surface area contributed by atoms with Gasteiger partial charge in [0.1, 0.15) is 0 Å². The van der Waals surface area contributed by atoms with Crippen LogP contribution in [0.3, 0.4) is 0 Å². The van der Waals surface area contributed by atoms with E-state index in [1.54, 1.807) is 0 Å². The van der Waals surface area contributed by atoms with Crippen LogP contribution in [0.25, 0.3) is 0 Å². The molecule has 2 N–H and O–H groups in total. The Morgan fingerprint density at radius 2 is 2.00 bits per heavy atom. The van der Waals surface area contributed by atoms with Crippen molar-refractivity contribution < 1.29 is 8.42 Å². The summed E-state index contributed by atoms with van der Waals surface area (Å²) in [6.45, 7) is 1.51. The summed E-state index contributed by atoms with van der Waals surface area (Å²) >= 11 is 0. The first kappa shape index (κ1) is 11.4. The van der Waals surface area contributed by atoms with Gasteiger partial charge in [-0.15, -0.1) is 0 Å². The number of nitrogens with zero attached hydrogens (tertiary/aromatic N) is 1. The van der Waals surface area contributed by atoms with E-state index >= 15 is 0 Å². The van der Waals surface area contributed by atoms with Gasteiger partial charge in [-0.25, -0.2) is 13.1 Å². The minimum Gasteiger partial charge on any atom is -0.314 e. The Kier molecular flexibility index (Phi) is 5.62. The first-order valence-electron chi connectivity index (χ1n) is 3.58. The SMILES string of the molecule is CS(=O)(=O)NCCNCCC#N. The molecule has 0 unspecified atom stereocenters. The van der Waals surface area contributed by atoms with Crippen molar-refractivity contribution >= 4 is 10.0 Å². The monoisotopic (exact) mass is 191 g/mol. The summed E-state index contributed by atoms with van der Waals surface area (Å²) in [5.41, 5.74) is 0. The summed E-state index contributed by atoms with van der Waals surface area (Å²) in [4.78, 5) is 0. The van der Waals surface area contributed by atoms with Crippen LogP contribution in [0.15, 0.2) is 0 Å². The molecule has 0 rings (SSSR count). The Morgan fingerprint density at radius 3 is 2.50 bits per heavy atom. The molecule has 0 bridgehead atoms. The first-order chi connectivity index (χ1) is 5.56. The molecule has 0 spiro atoms. The lowest BCUT2D eigenvalue weighted by atomic mass is 10.4. The van der Waals surface area contributed by atoms with Crippen molar-refractivity contribution in [3.8, 4) is 6.07 Å². The maximum atomic E-state index is 10.5. The van der Waals surface area contributed by atoms with Crippen LogP contribution in [-0.4, -0.2) is 34.3 Å². The largest absolute Gasteiger partial charge is 0.314 e. The Balaban J connectivity index is 3.18. The standard InChI is InChI=1S/C6H13N3O2S/c1-12(10,11)9-6-5-8-4-2-3-7/h8-9H,2,4-6H2,1H3. The molecule has 0 saturated heterocycles. The third-order valence-electron chi connectivity index (χ3n) is 1.08. The van der Waals surface area contributed by atoms with Crippen LogP contribution in [0.2, 0.25) is 0 Å². The number of nitrogens with one attached hydrogen (secondary N) is 2. The Bertz CT molecular complexity index is 242. The summed E-state index contributed by atoms with van der Waals surface area (Å²) < 4.78 is 23.4. The molecule has 0 aliphatic heterocycles. The zero-order chi connectivity index (χ0) is 9.45.